The van der Waals surface area contributed by atoms with Crippen LogP contribution in [0.5, 0.6) is 5.75 Å². The largest absolute Gasteiger partial charge is 0.485 e. The molecule has 0 aliphatic rings. The van der Waals surface area contributed by atoms with Crippen molar-refractivity contribution in [2.45, 2.75) is 60.1 Å². The number of alkyl halides is 2. The topological polar surface area (TPSA) is 125 Å². The molecule has 4 aromatic heterocycles. The lowest BCUT2D eigenvalue weighted by molar-refractivity contribution is 0.0992. The summed E-state index contributed by atoms with van der Waals surface area (Å²) >= 11 is 7.13. The Morgan fingerprint density at radius 3 is 2.57 bits per heavy atom. The highest BCUT2D eigenvalue weighted by molar-refractivity contribution is 7.21. The predicted molar refractivity (Wildman–Crippen MR) is 166 cm³/mol. The van der Waals surface area contributed by atoms with Crippen LogP contribution in [0.2, 0.25) is 5.02 Å². The summed E-state index contributed by atoms with van der Waals surface area (Å²) in [6.07, 6.45) is -1.31. The molecular formula is C31H30ClF2N5O4S. The Kier molecular flexibility index (Phi) is 8.76. The quantitative estimate of drug-likeness (QED) is 0.159. The maximum atomic E-state index is 13.9. The van der Waals surface area contributed by atoms with Gasteiger partial charge in [-0.3, -0.25) is 14.3 Å². The highest BCUT2D eigenvalue weighted by Crippen LogP contribution is 2.43. The van der Waals surface area contributed by atoms with Crippen molar-refractivity contribution < 1.29 is 27.5 Å². The van der Waals surface area contributed by atoms with Gasteiger partial charge in [0.1, 0.15) is 33.5 Å². The first kappa shape index (κ1) is 31.1. The van der Waals surface area contributed by atoms with Gasteiger partial charge in [0, 0.05) is 28.2 Å². The van der Waals surface area contributed by atoms with Gasteiger partial charge < -0.3 is 20.2 Å². The van der Waals surface area contributed by atoms with Gasteiger partial charge in [0.25, 0.3) is 18.2 Å². The average Bonchev–Trinajstić information content (AvgIpc) is 3.70. The Morgan fingerprint density at radius 2 is 1.93 bits per heavy atom. The molecule has 0 bridgehead atoms. The Bertz CT molecular complexity index is 1900. The van der Waals surface area contributed by atoms with Crippen LogP contribution >= 0.6 is 22.9 Å². The molecule has 5 aromatic rings. The van der Waals surface area contributed by atoms with Crippen molar-refractivity contribution in [3.8, 4) is 16.9 Å². The predicted octanol–water partition coefficient (Wildman–Crippen LogP) is 8.03. The summed E-state index contributed by atoms with van der Waals surface area (Å²) in [5, 5.41) is 8.01. The molecule has 0 aliphatic heterocycles. The number of pyridine rings is 1. The van der Waals surface area contributed by atoms with Crippen LogP contribution in [0, 0.1) is 13.8 Å². The third-order valence-electron chi connectivity index (χ3n) is 7.23. The summed E-state index contributed by atoms with van der Waals surface area (Å²) < 4.78 is 41.2. The van der Waals surface area contributed by atoms with Crippen LogP contribution in [0.15, 0.2) is 40.9 Å². The molecule has 13 heteroatoms. The van der Waals surface area contributed by atoms with Gasteiger partial charge in [-0.2, -0.15) is 5.10 Å². The van der Waals surface area contributed by atoms with E-state index in [-0.39, 0.29) is 33.7 Å². The fourth-order valence-corrected chi connectivity index (χ4v) is 6.10. The Hall–Kier alpha value is -4.29. The number of aryl methyl sites for hydroxylation is 2. The van der Waals surface area contributed by atoms with Gasteiger partial charge >= 0.3 is 0 Å². The SMILES string of the molecule is CCn1ncc(-c2cc(C(F)F)nc3sc(C(N)=O)c(NC(=O)c4ccc(COc5cc(C)c(Cl)cc5C(C)C)o4)c23)c1C. The van der Waals surface area contributed by atoms with Crippen molar-refractivity contribution in [1.82, 2.24) is 14.8 Å². The molecule has 0 unspecified atom stereocenters. The number of aromatic nitrogens is 3. The van der Waals surface area contributed by atoms with Crippen LogP contribution < -0.4 is 15.8 Å². The highest BCUT2D eigenvalue weighted by Gasteiger charge is 2.27. The smallest absolute Gasteiger partial charge is 0.291 e. The Balaban J connectivity index is 1.49. The molecule has 0 radical (unpaired) electrons. The minimum atomic E-state index is -2.87. The number of primary amides is 1. The summed E-state index contributed by atoms with van der Waals surface area (Å²) in [5.74, 6) is -0.366. The standard InChI is InChI=1S/C31H30ClF2N5O4S/c1-6-39-16(5)20(12-36-39)19-11-22(28(33)34)37-31-25(19)26(27(44-31)29(35)40)38-30(41)23-8-7-17(43-23)13-42-24-9-15(4)21(32)10-18(24)14(2)3/h7-12,14,28H,6,13H2,1-5H3,(H2,35,40)(H,38,41). The van der Waals surface area contributed by atoms with Gasteiger partial charge in [-0.15, -0.1) is 11.3 Å². The van der Waals surface area contributed by atoms with Crippen molar-refractivity contribution in [3.05, 3.63) is 80.5 Å². The van der Waals surface area contributed by atoms with E-state index in [2.05, 4.69) is 15.4 Å². The number of amides is 2. The lowest BCUT2D eigenvalue weighted by atomic mass is 10.0. The lowest BCUT2D eigenvalue weighted by Gasteiger charge is -2.15. The van der Waals surface area contributed by atoms with E-state index >= 15 is 0 Å². The zero-order valence-corrected chi connectivity index (χ0v) is 26.2. The molecule has 4 heterocycles. The van der Waals surface area contributed by atoms with Crippen LogP contribution in [0.3, 0.4) is 0 Å². The van der Waals surface area contributed by atoms with E-state index in [9.17, 15) is 18.4 Å². The third kappa shape index (κ3) is 5.91. The number of hydrogen-bond donors (Lipinski definition) is 2. The van der Waals surface area contributed by atoms with E-state index in [1.807, 2.05) is 46.8 Å². The highest BCUT2D eigenvalue weighted by atomic mass is 35.5. The van der Waals surface area contributed by atoms with Crippen molar-refractivity contribution in [1.29, 1.82) is 0 Å². The first-order valence-electron chi connectivity index (χ1n) is 13.8. The van der Waals surface area contributed by atoms with Crippen LogP contribution in [0.25, 0.3) is 21.3 Å². The molecule has 0 aliphatic carbocycles. The van der Waals surface area contributed by atoms with E-state index < -0.39 is 23.9 Å². The van der Waals surface area contributed by atoms with E-state index in [0.717, 1.165) is 28.2 Å². The number of carbonyl (C=O) groups is 2. The first-order chi connectivity index (χ1) is 20.9. The van der Waals surface area contributed by atoms with Gasteiger partial charge in [-0.25, -0.2) is 13.8 Å². The van der Waals surface area contributed by atoms with Crippen LogP contribution in [0.1, 0.15) is 81.6 Å². The third-order valence-corrected chi connectivity index (χ3v) is 8.73. The van der Waals surface area contributed by atoms with Gasteiger partial charge in [-0.05, 0) is 73.7 Å². The van der Waals surface area contributed by atoms with Crippen LogP contribution in [-0.2, 0) is 13.2 Å². The van der Waals surface area contributed by atoms with Crippen LogP contribution in [-0.4, -0.2) is 26.6 Å². The summed E-state index contributed by atoms with van der Waals surface area (Å²) in [4.78, 5) is 30.1. The molecule has 0 atom stereocenters. The summed E-state index contributed by atoms with van der Waals surface area (Å²) in [5.41, 5.74) is 8.67. The van der Waals surface area contributed by atoms with Gasteiger partial charge in [0.05, 0.1) is 11.9 Å². The van der Waals surface area contributed by atoms with Crippen LogP contribution in [0.4, 0.5) is 14.5 Å². The molecule has 0 fully saturated rings. The number of carbonyl (C=O) groups excluding carboxylic acids is 2. The zero-order valence-electron chi connectivity index (χ0n) is 24.6. The fraction of sp³-hybridized carbons (Fsp3) is 0.290. The molecule has 1 aromatic carbocycles. The Morgan fingerprint density at radius 1 is 1.18 bits per heavy atom. The molecule has 0 spiro atoms. The number of nitrogens with one attached hydrogen (secondary N) is 1. The molecule has 44 heavy (non-hydrogen) atoms. The van der Waals surface area contributed by atoms with E-state index in [1.54, 1.807) is 16.9 Å². The zero-order chi connectivity index (χ0) is 31.9. The number of fused-ring (bicyclic) bond motifs is 1. The lowest BCUT2D eigenvalue weighted by Crippen LogP contribution is -2.16. The number of anilines is 1. The number of rotatable bonds is 10. The number of hydrogen-bond acceptors (Lipinski definition) is 7. The molecule has 2 amide bonds. The summed E-state index contributed by atoms with van der Waals surface area (Å²) in [7, 11) is 0. The van der Waals surface area contributed by atoms with E-state index in [1.165, 1.54) is 12.1 Å². The number of halogens is 3. The van der Waals surface area contributed by atoms with E-state index in [4.69, 9.17) is 26.5 Å². The minimum absolute atomic E-state index is 0.0384. The molecule has 0 saturated carbocycles. The number of furan rings is 1. The molecule has 5 rings (SSSR count). The van der Waals surface area contributed by atoms with Crippen molar-refractivity contribution in [2.24, 2.45) is 5.73 Å². The molecule has 0 saturated heterocycles. The number of benzene rings is 1. The maximum absolute atomic E-state index is 13.9. The molecule has 3 N–H and O–H groups in total. The summed E-state index contributed by atoms with van der Waals surface area (Å²) in [6.45, 7) is 10.3. The van der Waals surface area contributed by atoms with Crippen molar-refractivity contribution >= 4 is 50.7 Å². The Labute approximate surface area is 261 Å². The average molecular weight is 642 g/mol. The monoisotopic (exact) mass is 641 g/mol. The van der Waals surface area contributed by atoms with Gasteiger partial charge in [0.2, 0.25) is 0 Å². The summed E-state index contributed by atoms with van der Waals surface area (Å²) in [6, 6.07) is 8.07. The number of nitrogens with two attached hydrogens (primary N) is 1. The number of ether oxygens (including phenoxy) is 1. The second kappa shape index (κ2) is 12.4. The minimum Gasteiger partial charge on any atom is -0.485 e. The number of nitrogens with zero attached hydrogens (tertiary/aromatic N) is 3. The normalized spacial score (nSPS) is 11.6. The fourth-order valence-electron chi connectivity index (χ4n) is 4.91. The van der Waals surface area contributed by atoms with Gasteiger partial charge in [-0.1, -0.05) is 25.4 Å². The maximum Gasteiger partial charge on any atom is 0.291 e. The molecule has 9 nitrogen and oxygen atoms in total. The van der Waals surface area contributed by atoms with Crippen molar-refractivity contribution in [3.63, 3.8) is 0 Å². The van der Waals surface area contributed by atoms with E-state index in [0.29, 0.717) is 39.6 Å². The molecular weight excluding hydrogens is 612 g/mol. The van der Waals surface area contributed by atoms with Gasteiger partial charge in [0.15, 0.2) is 5.76 Å². The first-order valence-corrected chi connectivity index (χ1v) is 15.0. The molecule has 230 valence electrons. The van der Waals surface area contributed by atoms with Crippen molar-refractivity contribution in [2.75, 3.05) is 5.32 Å². The second-order valence-electron chi connectivity index (χ2n) is 10.5. The number of thiophene rings is 1. The second-order valence-corrected chi connectivity index (χ2v) is 11.9.